The van der Waals surface area contributed by atoms with Crippen LogP contribution in [0.1, 0.15) is 26.7 Å². The van der Waals surface area contributed by atoms with Gasteiger partial charge in [-0.25, -0.2) is 4.79 Å². The summed E-state index contributed by atoms with van der Waals surface area (Å²) < 4.78 is 4.89. The third-order valence-corrected chi connectivity index (χ3v) is 2.92. The average Bonchev–Trinajstić information content (AvgIpc) is 2.18. The van der Waals surface area contributed by atoms with Crippen molar-refractivity contribution in [1.82, 2.24) is 4.90 Å². The summed E-state index contributed by atoms with van der Waals surface area (Å²) >= 11 is 0. The molecule has 1 heterocycles. The van der Waals surface area contributed by atoms with Crippen molar-refractivity contribution in [2.45, 2.75) is 32.7 Å². The van der Waals surface area contributed by atoms with Crippen LogP contribution in [0.25, 0.3) is 0 Å². The Morgan fingerprint density at radius 3 is 2.93 bits per heavy atom. The molecule has 0 bridgehead atoms. The van der Waals surface area contributed by atoms with E-state index < -0.39 is 0 Å². The standard InChI is InChI=1S/C10H19NO3/c1-8-4-3-5-11(9(8)2)10(13)14-7-6-12/h8-9,12H,3-7H2,1-2H3. The molecule has 1 aliphatic rings. The first-order valence-corrected chi connectivity index (χ1v) is 5.21. The van der Waals surface area contributed by atoms with E-state index in [4.69, 9.17) is 9.84 Å². The third kappa shape index (κ3) is 2.61. The van der Waals surface area contributed by atoms with E-state index in [2.05, 4.69) is 6.92 Å². The van der Waals surface area contributed by atoms with Gasteiger partial charge < -0.3 is 14.7 Å². The lowest BCUT2D eigenvalue weighted by atomic mass is 9.92. The maximum atomic E-state index is 11.5. The molecular formula is C10H19NO3. The second kappa shape index (κ2) is 5.20. The van der Waals surface area contributed by atoms with Crippen LogP contribution in [0, 0.1) is 5.92 Å². The summed E-state index contributed by atoms with van der Waals surface area (Å²) in [6.45, 7) is 4.95. The van der Waals surface area contributed by atoms with Gasteiger partial charge in [0.15, 0.2) is 0 Å². The first-order valence-electron chi connectivity index (χ1n) is 5.21. The maximum Gasteiger partial charge on any atom is 0.410 e. The summed E-state index contributed by atoms with van der Waals surface area (Å²) in [7, 11) is 0. The molecule has 0 spiro atoms. The number of nitrogens with zero attached hydrogens (tertiary/aromatic N) is 1. The Morgan fingerprint density at radius 1 is 1.57 bits per heavy atom. The van der Waals surface area contributed by atoms with Crippen molar-refractivity contribution in [1.29, 1.82) is 0 Å². The topological polar surface area (TPSA) is 49.8 Å². The van der Waals surface area contributed by atoms with Crippen LogP contribution in [0.3, 0.4) is 0 Å². The predicted molar refractivity (Wildman–Crippen MR) is 53.0 cm³/mol. The molecule has 0 aromatic carbocycles. The number of carbonyl (C=O) groups excluding carboxylic acids is 1. The monoisotopic (exact) mass is 201 g/mol. The Labute approximate surface area is 84.8 Å². The summed E-state index contributed by atoms with van der Waals surface area (Å²) in [6, 6.07) is 0.245. The van der Waals surface area contributed by atoms with Crippen molar-refractivity contribution in [2.24, 2.45) is 5.92 Å². The molecule has 0 radical (unpaired) electrons. The Kier molecular flexibility index (Phi) is 4.20. The van der Waals surface area contributed by atoms with E-state index in [0.29, 0.717) is 5.92 Å². The van der Waals surface area contributed by atoms with Crippen LogP contribution in [-0.2, 0) is 4.74 Å². The van der Waals surface area contributed by atoms with Crippen molar-refractivity contribution in [2.75, 3.05) is 19.8 Å². The highest BCUT2D eigenvalue weighted by molar-refractivity contribution is 5.68. The normalized spacial score (nSPS) is 27.5. The molecule has 1 rings (SSSR count). The minimum Gasteiger partial charge on any atom is -0.447 e. The van der Waals surface area contributed by atoms with Crippen LogP contribution in [0.15, 0.2) is 0 Å². The van der Waals surface area contributed by atoms with Gasteiger partial charge in [-0.15, -0.1) is 0 Å². The number of aliphatic hydroxyl groups is 1. The second-order valence-electron chi connectivity index (χ2n) is 3.89. The number of piperidine rings is 1. The summed E-state index contributed by atoms with van der Waals surface area (Å²) in [4.78, 5) is 13.3. The lowest BCUT2D eigenvalue weighted by molar-refractivity contribution is 0.0514. The molecule has 0 aliphatic carbocycles. The molecule has 0 saturated carbocycles. The van der Waals surface area contributed by atoms with E-state index in [0.717, 1.165) is 13.0 Å². The molecular weight excluding hydrogens is 182 g/mol. The van der Waals surface area contributed by atoms with Crippen molar-refractivity contribution in [3.05, 3.63) is 0 Å². The van der Waals surface area contributed by atoms with Gasteiger partial charge in [-0.05, 0) is 25.7 Å². The zero-order valence-electron chi connectivity index (χ0n) is 8.90. The molecule has 4 nitrogen and oxygen atoms in total. The lowest BCUT2D eigenvalue weighted by Gasteiger charge is -2.36. The van der Waals surface area contributed by atoms with Crippen LogP contribution < -0.4 is 0 Å². The second-order valence-corrected chi connectivity index (χ2v) is 3.89. The van der Waals surface area contributed by atoms with Gasteiger partial charge in [-0.2, -0.15) is 0 Å². The number of ether oxygens (including phenoxy) is 1. The van der Waals surface area contributed by atoms with E-state index in [1.165, 1.54) is 6.42 Å². The van der Waals surface area contributed by atoms with E-state index in [1.54, 1.807) is 4.90 Å². The fourth-order valence-electron chi connectivity index (χ4n) is 1.81. The molecule has 1 N–H and O–H groups in total. The number of aliphatic hydroxyl groups excluding tert-OH is 1. The highest BCUT2D eigenvalue weighted by Crippen LogP contribution is 2.23. The van der Waals surface area contributed by atoms with Crippen molar-refractivity contribution in [3.8, 4) is 0 Å². The number of carbonyl (C=O) groups is 1. The largest absolute Gasteiger partial charge is 0.447 e. The SMILES string of the molecule is CC1CCCN(C(=O)OCCO)C1C. The molecule has 2 unspecified atom stereocenters. The Bertz CT molecular complexity index is 196. The van der Waals surface area contributed by atoms with Gasteiger partial charge in [0.05, 0.1) is 6.61 Å². The summed E-state index contributed by atoms with van der Waals surface area (Å²) in [5, 5.41) is 8.54. The van der Waals surface area contributed by atoms with Gasteiger partial charge in [0, 0.05) is 12.6 Å². The zero-order chi connectivity index (χ0) is 10.6. The smallest absolute Gasteiger partial charge is 0.410 e. The van der Waals surface area contributed by atoms with Crippen molar-refractivity contribution < 1.29 is 14.6 Å². The molecule has 1 amide bonds. The minimum absolute atomic E-state index is 0.0937. The summed E-state index contributed by atoms with van der Waals surface area (Å²) in [5.41, 5.74) is 0. The molecule has 14 heavy (non-hydrogen) atoms. The number of hydrogen-bond acceptors (Lipinski definition) is 3. The summed E-state index contributed by atoms with van der Waals surface area (Å²) in [6.07, 6.45) is 1.92. The fourth-order valence-corrected chi connectivity index (χ4v) is 1.81. The predicted octanol–water partition coefficient (Wildman–Crippen LogP) is 1.24. The maximum absolute atomic E-state index is 11.5. The van der Waals surface area contributed by atoms with Gasteiger partial charge in [0.2, 0.25) is 0 Å². The van der Waals surface area contributed by atoms with E-state index in [1.807, 2.05) is 6.92 Å². The van der Waals surface area contributed by atoms with Gasteiger partial charge in [0.1, 0.15) is 6.61 Å². The van der Waals surface area contributed by atoms with Crippen molar-refractivity contribution in [3.63, 3.8) is 0 Å². The van der Waals surface area contributed by atoms with Gasteiger partial charge in [0.25, 0.3) is 0 Å². The number of amides is 1. The van der Waals surface area contributed by atoms with Crippen LogP contribution in [0.5, 0.6) is 0 Å². The molecule has 1 saturated heterocycles. The van der Waals surface area contributed by atoms with Crippen LogP contribution in [-0.4, -0.2) is 41.9 Å². The molecule has 0 aromatic rings. The number of likely N-dealkylation sites (tertiary alicyclic amines) is 1. The van der Waals surface area contributed by atoms with Crippen LogP contribution in [0.4, 0.5) is 4.79 Å². The quantitative estimate of drug-likeness (QED) is 0.731. The van der Waals surface area contributed by atoms with Crippen LogP contribution in [0.2, 0.25) is 0 Å². The number of hydrogen-bond donors (Lipinski definition) is 1. The van der Waals surface area contributed by atoms with Gasteiger partial charge in [-0.1, -0.05) is 6.92 Å². The number of rotatable bonds is 2. The van der Waals surface area contributed by atoms with E-state index >= 15 is 0 Å². The zero-order valence-corrected chi connectivity index (χ0v) is 8.90. The van der Waals surface area contributed by atoms with E-state index in [9.17, 15) is 4.79 Å². The molecule has 82 valence electrons. The van der Waals surface area contributed by atoms with Crippen molar-refractivity contribution >= 4 is 6.09 Å². The molecule has 1 fully saturated rings. The Balaban J connectivity index is 2.44. The van der Waals surface area contributed by atoms with Crippen LogP contribution >= 0.6 is 0 Å². The molecule has 4 heteroatoms. The molecule has 0 aromatic heterocycles. The van der Waals surface area contributed by atoms with Gasteiger partial charge >= 0.3 is 6.09 Å². The fraction of sp³-hybridized carbons (Fsp3) is 0.900. The average molecular weight is 201 g/mol. The van der Waals surface area contributed by atoms with Gasteiger partial charge in [-0.3, -0.25) is 0 Å². The summed E-state index contributed by atoms with van der Waals surface area (Å²) in [5.74, 6) is 0.533. The third-order valence-electron chi connectivity index (χ3n) is 2.92. The highest BCUT2D eigenvalue weighted by atomic mass is 16.6. The first kappa shape index (κ1) is 11.3. The lowest BCUT2D eigenvalue weighted by Crippen LogP contribution is -2.46. The highest BCUT2D eigenvalue weighted by Gasteiger charge is 2.29. The molecule has 2 atom stereocenters. The van der Waals surface area contributed by atoms with E-state index in [-0.39, 0.29) is 25.3 Å². The Hall–Kier alpha value is -0.770. The first-order chi connectivity index (χ1) is 6.66. The Morgan fingerprint density at radius 2 is 2.29 bits per heavy atom. The molecule has 1 aliphatic heterocycles. The minimum atomic E-state index is -0.293.